The molecule has 2 aromatic carbocycles. The van der Waals surface area contributed by atoms with Crippen molar-refractivity contribution in [3.63, 3.8) is 0 Å². The molecule has 2 aromatic rings. The van der Waals surface area contributed by atoms with Gasteiger partial charge < -0.3 is 10.2 Å². The first-order valence-corrected chi connectivity index (χ1v) is 7.23. The average molecular weight is 444 g/mol. The Morgan fingerprint density at radius 1 is 0.727 bits per heavy atom. The van der Waals surface area contributed by atoms with E-state index in [0.717, 1.165) is 24.3 Å². The van der Waals surface area contributed by atoms with Gasteiger partial charge in [0.1, 0.15) is 0 Å². The van der Waals surface area contributed by atoms with Crippen molar-refractivity contribution in [3.8, 4) is 0 Å². The fraction of sp³-hybridized carbons (Fsp3) is 0. The summed E-state index contributed by atoms with van der Waals surface area (Å²) in [5, 5.41) is 18.1. The van der Waals surface area contributed by atoms with Crippen molar-refractivity contribution in [2.75, 3.05) is 0 Å². The number of rotatable bonds is 4. The molecule has 0 fully saturated rings. The van der Waals surface area contributed by atoms with E-state index in [1.165, 1.54) is 24.3 Å². The summed E-state index contributed by atoms with van der Waals surface area (Å²) in [6.45, 7) is 0. The number of hydrogen-bond donors (Lipinski definition) is 2. The van der Waals surface area contributed by atoms with Gasteiger partial charge in [-0.15, -0.1) is 0 Å². The van der Waals surface area contributed by atoms with Gasteiger partial charge in [0, 0.05) is 0 Å². The van der Waals surface area contributed by atoms with Gasteiger partial charge in [-0.2, -0.15) is 0 Å². The van der Waals surface area contributed by atoms with E-state index in [9.17, 15) is 18.0 Å². The van der Waals surface area contributed by atoms with Gasteiger partial charge in [0.15, 0.2) is 0 Å². The van der Waals surface area contributed by atoms with E-state index in [1.807, 2.05) is 0 Å². The van der Waals surface area contributed by atoms with Crippen LogP contribution in [0.4, 0.5) is 0 Å². The number of sulfone groups is 1. The maximum Gasteiger partial charge on any atom is 2.00 e. The monoisotopic (exact) mass is 444 g/mol. The molecule has 2 N–H and O–H groups in total. The molecule has 0 spiro atoms. The molecular formula is C14H10BaO6S+2. The molecule has 0 radical (unpaired) electrons. The molecule has 8 heteroatoms. The zero-order valence-electron chi connectivity index (χ0n) is 11.3. The van der Waals surface area contributed by atoms with Crippen LogP contribution in [0, 0.1) is 0 Å². The Bertz CT molecular complexity index is 765. The van der Waals surface area contributed by atoms with Gasteiger partial charge in [0.2, 0.25) is 9.84 Å². The number of carboxylic acid groups (broad SMARTS) is 2. The third-order valence-electron chi connectivity index (χ3n) is 2.81. The maximum absolute atomic E-state index is 12.6. The van der Waals surface area contributed by atoms with Crippen molar-refractivity contribution < 1.29 is 28.2 Å². The van der Waals surface area contributed by atoms with Gasteiger partial charge in [-0.25, -0.2) is 18.0 Å². The van der Waals surface area contributed by atoms with Crippen molar-refractivity contribution in [1.29, 1.82) is 0 Å². The smallest absolute Gasteiger partial charge is 0.478 e. The van der Waals surface area contributed by atoms with Crippen LogP contribution in [-0.4, -0.2) is 79.5 Å². The van der Waals surface area contributed by atoms with E-state index in [1.54, 1.807) is 0 Å². The molecule has 0 unspecified atom stereocenters. The fourth-order valence-electron chi connectivity index (χ4n) is 1.87. The Kier molecular flexibility index (Phi) is 6.41. The first-order chi connectivity index (χ1) is 9.85. The summed E-state index contributed by atoms with van der Waals surface area (Å²) >= 11 is 0. The van der Waals surface area contributed by atoms with Crippen molar-refractivity contribution in [1.82, 2.24) is 0 Å². The van der Waals surface area contributed by atoms with E-state index in [4.69, 9.17) is 10.2 Å². The van der Waals surface area contributed by atoms with Gasteiger partial charge in [-0.05, 0) is 24.3 Å². The summed E-state index contributed by atoms with van der Waals surface area (Å²) in [5.74, 6) is -2.80. The maximum atomic E-state index is 12.6. The van der Waals surface area contributed by atoms with Crippen LogP contribution in [0.1, 0.15) is 20.7 Å². The molecule has 0 saturated heterocycles. The Labute approximate surface area is 166 Å². The molecule has 0 aliphatic carbocycles. The van der Waals surface area contributed by atoms with Gasteiger partial charge in [-0.3, -0.25) is 0 Å². The molecular weight excluding hydrogens is 434 g/mol. The van der Waals surface area contributed by atoms with E-state index < -0.39 is 42.7 Å². The van der Waals surface area contributed by atoms with Crippen LogP contribution >= 0.6 is 0 Å². The molecule has 0 heterocycles. The third kappa shape index (κ3) is 3.62. The quantitative estimate of drug-likeness (QED) is 0.694. The molecule has 0 aliphatic rings. The van der Waals surface area contributed by atoms with Gasteiger partial charge in [0.25, 0.3) is 0 Å². The van der Waals surface area contributed by atoms with Crippen molar-refractivity contribution >= 4 is 70.7 Å². The standard InChI is InChI=1S/C14H10O6S.Ba/c15-13(16)9-5-1-3-7-11(9)21(19,20)12-8-4-2-6-10(12)14(17)18;/h1-8H,(H,15,16)(H,17,18);/q;+2. The van der Waals surface area contributed by atoms with E-state index in [-0.39, 0.29) is 48.9 Å². The summed E-state index contributed by atoms with van der Waals surface area (Å²) in [4.78, 5) is 21.4. The SMILES string of the molecule is O=C(O)c1ccccc1S(=O)(=O)c1ccccc1C(=O)O.[Ba+2]. The van der Waals surface area contributed by atoms with Crippen LogP contribution in [0.5, 0.6) is 0 Å². The summed E-state index contributed by atoms with van der Waals surface area (Å²) in [7, 11) is -4.25. The second-order valence-electron chi connectivity index (χ2n) is 4.11. The number of hydrogen-bond acceptors (Lipinski definition) is 4. The van der Waals surface area contributed by atoms with Crippen LogP contribution < -0.4 is 0 Å². The van der Waals surface area contributed by atoms with Gasteiger partial charge in [-0.1, -0.05) is 24.3 Å². The predicted molar refractivity (Wildman–Crippen MR) is 78.0 cm³/mol. The molecule has 6 nitrogen and oxygen atoms in total. The van der Waals surface area contributed by atoms with Crippen LogP contribution in [0.2, 0.25) is 0 Å². The predicted octanol–water partition coefficient (Wildman–Crippen LogP) is 1.54. The van der Waals surface area contributed by atoms with Crippen LogP contribution in [-0.2, 0) is 9.84 Å². The minimum absolute atomic E-state index is 0. The van der Waals surface area contributed by atoms with Crippen LogP contribution in [0.3, 0.4) is 0 Å². The molecule has 0 bridgehead atoms. The summed E-state index contributed by atoms with van der Waals surface area (Å²) in [6.07, 6.45) is 0. The Hall–Kier alpha value is -1.10. The van der Waals surface area contributed by atoms with Crippen molar-refractivity contribution in [2.24, 2.45) is 0 Å². The van der Waals surface area contributed by atoms with Crippen molar-refractivity contribution in [2.45, 2.75) is 9.79 Å². The van der Waals surface area contributed by atoms with Gasteiger partial charge in [0.05, 0.1) is 20.9 Å². The normalized spacial score (nSPS) is 10.5. The summed E-state index contributed by atoms with van der Waals surface area (Å²) in [6, 6.07) is 10.1. The summed E-state index contributed by atoms with van der Waals surface area (Å²) in [5.41, 5.74) is -0.810. The van der Waals surface area contributed by atoms with E-state index in [2.05, 4.69) is 0 Å². The molecule has 0 aromatic heterocycles. The van der Waals surface area contributed by atoms with Crippen LogP contribution in [0.25, 0.3) is 0 Å². The van der Waals surface area contributed by atoms with Crippen LogP contribution in [0.15, 0.2) is 58.3 Å². The summed E-state index contributed by atoms with van der Waals surface area (Å²) < 4.78 is 25.1. The number of aromatic carboxylic acids is 2. The molecule has 0 atom stereocenters. The molecule has 0 amide bonds. The fourth-order valence-corrected chi connectivity index (χ4v) is 3.52. The second-order valence-corrected chi connectivity index (χ2v) is 5.99. The molecule has 0 aliphatic heterocycles. The zero-order chi connectivity index (χ0) is 15.6. The Morgan fingerprint density at radius 3 is 1.36 bits per heavy atom. The van der Waals surface area contributed by atoms with E-state index in [0.29, 0.717) is 0 Å². The zero-order valence-corrected chi connectivity index (χ0v) is 16.5. The van der Waals surface area contributed by atoms with Gasteiger partial charge >= 0.3 is 60.8 Å². The number of carboxylic acids is 2. The second kappa shape index (κ2) is 7.45. The molecule has 0 saturated carbocycles. The minimum Gasteiger partial charge on any atom is -0.478 e. The first kappa shape index (κ1) is 18.9. The third-order valence-corrected chi connectivity index (χ3v) is 4.68. The average Bonchev–Trinajstić information content (AvgIpc) is 2.47. The molecule has 22 heavy (non-hydrogen) atoms. The minimum atomic E-state index is -4.25. The van der Waals surface area contributed by atoms with E-state index >= 15 is 0 Å². The first-order valence-electron chi connectivity index (χ1n) is 5.75. The molecule has 2 rings (SSSR count). The van der Waals surface area contributed by atoms with Crippen molar-refractivity contribution in [3.05, 3.63) is 59.7 Å². The Morgan fingerprint density at radius 2 is 1.05 bits per heavy atom. The number of carbonyl (C=O) groups is 2. The Balaban J connectivity index is 0.00000242. The molecule has 108 valence electrons. The largest absolute Gasteiger partial charge is 2.00 e. The topological polar surface area (TPSA) is 109 Å². The number of benzene rings is 2.